The number of benzene rings is 1. The number of hydrogen-bond acceptors (Lipinski definition) is 1. The predicted octanol–water partition coefficient (Wildman–Crippen LogP) is 3.58. The average Bonchev–Trinajstić information content (AvgIpc) is 2.01. The molecule has 0 bridgehead atoms. The van der Waals surface area contributed by atoms with Gasteiger partial charge in [0, 0.05) is 16.0 Å². The van der Waals surface area contributed by atoms with Gasteiger partial charge in [-0.05, 0) is 17.7 Å². The summed E-state index contributed by atoms with van der Waals surface area (Å²) in [6.07, 6.45) is -4.43. The van der Waals surface area contributed by atoms with Crippen molar-refractivity contribution in [2.24, 2.45) is 5.73 Å². The maximum Gasteiger partial charge on any atom is 0.416 e. The van der Waals surface area contributed by atoms with E-state index in [0.717, 1.165) is 6.07 Å². The Morgan fingerprint density at radius 1 is 1.36 bits per heavy atom. The molecule has 0 amide bonds. The van der Waals surface area contributed by atoms with Crippen LogP contribution in [0.2, 0.25) is 5.02 Å². The zero-order valence-electron chi connectivity index (χ0n) is 6.83. The van der Waals surface area contributed by atoms with Gasteiger partial charge in [-0.2, -0.15) is 13.2 Å². The average molecular weight is 288 g/mol. The highest BCUT2D eigenvalue weighted by atomic mass is 79.9. The molecule has 0 aliphatic carbocycles. The highest BCUT2D eigenvalue weighted by Gasteiger charge is 2.34. The van der Waals surface area contributed by atoms with Crippen molar-refractivity contribution < 1.29 is 13.2 Å². The molecule has 6 heteroatoms. The van der Waals surface area contributed by atoms with E-state index >= 15 is 0 Å². The summed E-state index contributed by atoms with van der Waals surface area (Å²) < 4.78 is 37.7. The molecule has 1 aromatic rings. The number of alkyl halides is 3. The zero-order valence-corrected chi connectivity index (χ0v) is 9.17. The molecule has 0 saturated heterocycles. The lowest BCUT2D eigenvalue weighted by Gasteiger charge is -2.13. The molecule has 0 heterocycles. The molecule has 1 rings (SSSR count). The highest BCUT2D eigenvalue weighted by Crippen LogP contribution is 2.37. The molecule has 1 aromatic carbocycles. The van der Waals surface area contributed by atoms with Gasteiger partial charge < -0.3 is 5.73 Å². The first-order chi connectivity index (χ1) is 6.36. The third kappa shape index (κ3) is 2.40. The molecule has 0 unspecified atom stereocenters. The summed E-state index contributed by atoms with van der Waals surface area (Å²) in [7, 11) is 0. The van der Waals surface area contributed by atoms with Gasteiger partial charge in [-0.15, -0.1) is 0 Å². The van der Waals surface area contributed by atoms with Crippen molar-refractivity contribution in [1.82, 2.24) is 0 Å². The second kappa shape index (κ2) is 4.08. The van der Waals surface area contributed by atoms with Crippen LogP contribution in [0.4, 0.5) is 13.2 Å². The van der Waals surface area contributed by atoms with Crippen LogP contribution in [-0.4, -0.2) is 0 Å². The number of nitrogens with two attached hydrogens (primary N) is 1. The topological polar surface area (TPSA) is 26.0 Å². The van der Waals surface area contributed by atoms with E-state index in [1.165, 1.54) is 6.07 Å². The van der Waals surface area contributed by atoms with Crippen LogP contribution < -0.4 is 5.73 Å². The first-order valence-corrected chi connectivity index (χ1v) is 4.78. The molecule has 2 N–H and O–H groups in total. The van der Waals surface area contributed by atoms with Crippen LogP contribution in [0.1, 0.15) is 11.1 Å². The summed E-state index contributed by atoms with van der Waals surface area (Å²) in [6.45, 7) is -0.188. The molecule has 0 fully saturated rings. The van der Waals surface area contributed by atoms with Gasteiger partial charge in [0.2, 0.25) is 0 Å². The molecule has 0 radical (unpaired) electrons. The third-order valence-electron chi connectivity index (χ3n) is 1.67. The summed E-state index contributed by atoms with van der Waals surface area (Å²) in [4.78, 5) is 0. The maximum atomic E-state index is 12.5. The van der Waals surface area contributed by atoms with E-state index in [1.807, 2.05) is 0 Å². The number of halogens is 5. The van der Waals surface area contributed by atoms with Crippen LogP contribution in [0.3, 0.4) is 0 Å². The fourth-order valence-electron chi connectivity index (χ4n) is 1.06. The van der Waals surface area contributed by atoms with Crippen molar-refractivity contribution in [3.63, 3.8) is 0 Å². The van der Waals surface area contributed by atoms with Crippen molar-refractivity contribution in [3.8, 4) is 0 Å². The Kier molecular flexibility index (Phi) is 3.44. The molecule has 0 aromatic heterocycles. The van der Waals surface area contributed by atoms with Gasteiger partial charge in [-0.3, -0.25) is 0 Å². The van der Waals surface area contributed by atoms with Gasteiger partial charge in [0.25, 0.3) is 0 Å². The monoisotopic (exact) mass is 287 g/mol. The Bertz CT molecular complexity index is 351. The summed E-state index contributed by atoms with van der Waals surface area (Å²) >= 11 is 8.50. The van der Waals surface area contributed by atoms with Crippen molar-refractivity contribution >= 4 is 27.5 Å². The Labute approximate surface area is 92.2 Å². The van der Waals surface area contributed by atoms with Crippen LogP contribution in [0.5, 0.6) is 0 Å². The summed E-state index contributed by atoms with van der Waals surface area (Å²) in [5.41, 5.74) is 4.45. The molecule has 0 spiro atoms. The van der Waals surface area contributed by atoms with E-state index in [9.17, 15) is 13.2 Å². The maximum absolute atomic E-state index is 12.5. The number of hydrogen-bond donors (Lipinski definition) is 1. The molecule has 0 saturated carbocycles. The van der Waals surface area contributed by atoms with Crippen LogP contribution in [0, 0.1) is 0 Å². The summed E-state index contributed by atoms with van der Waals surface area (Å²) in [6, 6.07) is 2.26. The van der Waals surface area contributed by atoms with Crippen LogP contribution in [0.15, 0.2) is 16.6 Å². The molecular weight excluding hydrogens is 282 g/mol. The summed E-state index contributed by atoms with van der Waals surface area (Å²) in [5, 5.41) is 0.0291. The smallest absolute Gasteiger partial charge is 0.326 e. The predicted molar refractivity (Wildman–Crippen MR) is 52.0 cm³/mol. The molecule has 78 valence electrons. The molecule has 0 atom stereocenters. The molecule has 0 aliphatic heterocycles. The van der Waals surface area contributed by atoms with Crippen molar-refractivity contribution in [2.45, 2.75) is 12.7 Å². The fraction of sp³-hybridized carbons (Fsp3) is 0.250. The van der Waals surface area contributed by atoms with Gasteiger partial charge in [0.15, 0.2) is 0 Å². The summed E-state index contributed by atoms with van der Waals surface area (Å²) in [5.74, 6) is 0. The van der Waals surface area contributed by atoms with E-state index in [1.54, 1.807) is 0 Å². The lowest BCUT2D eigenvalue weighted by atomic mass is 10.1. The normalized spacial score (nSPS) is 11.9. The standard InChI is InChI=1S/C8H6BrClF3N/c9-7-2-4(10)1-6(5(7)3-14)8(11,12)13/h1-2H,3,14H2. The minimum atomic E-state index is -4.43. The molecular formula is C8H6BrClF3N. The lowest BCUT2D eigenvalue weighted by Crippen LogP contribution is -2.12. The van der Waals surface area contributed by atoms with Crippen LogP contribution in [0.25, 0.3) is 0 Å². The molecule has 1 nitrogen and oxygen atoms in total. The Hall–Kier alpha value is -0.260. The van der Waals surface area contributed by atoms with Crippen molar-refractivity contribution in [3.05, 3.63) is 32.8 Å². The van der Waals surface area contributed by atoms with E-state index < -0.39 is 11.7 Å². The van der Waals surface area contributed by atoms with Crippen LogP contribution in [-0.2, 0) is 12.7 Å². The van der Waals surface area contributed by atoms with Gasteiger partial charge in [-0.25, -0.2) is 0 Å². The highest BCUT2D eigenvalue weighted by molar-refractivity contribution is 9.10. The third-order valence-corrected chi connectivity index (χ3v) is 2.60. The quantitative estimate of drug-likeness (QED) is 0.840. The van der Waals surface area contributed by atoms with Crippen molar-refractivity contribution in [1.29, 1.82) is 0 Å². The second-order valence-electron chi connectivity index (χ2n) is 2.62. The van der Waals surface area contributed by atoms with Crippen molar-refractivity contribution in [2.75, 3.05) is 0 Å². The van der Waals surface area contributed by atoms with Gasteiger partial charge in [0.1, 0.15) is 0 Å². The van der Waals surface area contributed by atoms with Gasteiger partial charge in [-0.1, -0.05) is 27.5 Å². The minimum Gasteiger partial charge on any atom is -0.326 e. The Morgan fingerprint density at radius 2 is 1.93 bits per heavy atom. The SMILES string of the molecule is NCc1c(Br)cc(Cl)cc1C(F)(F)F. The van der Waals surface area contributed by atoms with E-state index in [4.69, 9.17) is 17.3 Å². The number of rotatable bonds is 1. The van der Waals surface area contributed by atoms with Gasteiger partial charge in [0.05, 0.1) is 5.56 Å². The van der Waals surface area contributed by atoms with Gasteiger partial charge >= 0.3 is 6.18 Å². The van der Waals surface area contributed by atoms with Crippen LogP contribution >= 0.6 is 27.5 Å². The van der Waals surface area contributed by atoms with E-state index in [0.29, 0.717) is 0 Å². The fourth-order valence-corrected chi connectivity index (χ4v) is 2.04. The first-order valence-electron chi connectivity index (χ1n) is 3.61. The lowest BCUT2D eigenvalue weighted by molar-refractivity contribution is -0.138. The van der Waals surface area contributed by atoms with E-state index in [2.05, 4.69) is 15.9 Å². The first kappa shape index (κ1) is 11.8. The minimum absolute atomic E-state index is 0.0156. The Balaban J connectivity index is 3.40. The molecule has 0 aliphatic rings. The zero-order chi connectivity index (χ0) is 10.9. The second-order valence-corrected chi connectivity index (χ2v) is 3.91. The molecule has 14 heavy (non-hydrogen) atoms. The largest absolute Gasteiger partial charge is 0.416 e. The Morgan fingerprint density at radius 3 is 2.36 bits per heavy atom. The van der Waals surface area contributed by atoms with E-state index in [-0.39, 0.29) is 21.6 Å².